The highest BCUT2D eigenvalue weighted by molar-refractivity contribution is 5.88. The molecule has 2 unspecified atom stereocenters. The molecule has 20 heavy (non-hydrogen) atoms. The second-order valence-electron chi connectivity index (χ2n) is 5.64. The zero-order valence-electron chi connectivity index (χ0n) is 12.2. The van der Waals surface area contributed by atoms with E-state index in [1.165, 1.54) is 0 Å². The van der Waals surface area contributed by atoms with E-state index in [4.69, 9.17) is 4.74 Å². The first-order chi connectivity index (χ1) is 9.49. The van der Waals surface area contributed by atoms with Gasteiger partial charge in [0.15, 0.2) is 0 Å². The smallest absolute Gasteiger partial charge is 0.335 e. The minimum atomic E-state index is -0.918. The molecule has 0 aromatic carbocycles. The van der Waals surface area contributed by atoms with Gasteiger partial charge in [0.05, 0.1) is 11.7 Å². The highest BCUT2D eigenvalue weighted by atomic mass is 16.5. The summed E-state index contributed by atoms with van der Waals surface area (Å²) < 4.78 is 5.35. The van der Waals surface area contributed by atoms with Crippen LogP contribution in [0.25, 0.3) is 0 Å². The lowest BCUT2D eigenvalue weighted by molar-refractivity contribution is 0.0696. The minimum absolute atomic E-state index is 0.199. The number of hydrogen-bond donors (Lipinski definition) is 2. The minimum Gasteiger partial charge on any atom is -0.478 e. The van der Waals surface area contributed by atoms with Crippen molar-refractivity contribution in [3.05, 3.63) is 23.4 Å². The summed E-state index contributed by atoms with van der Waals surface area (Å²) in [7, 11) is 1.73. The molecule has 1 fully saturated rings. The molecule has 0 spiro atoms. The van der Waals surface area contributed by atoms with Crippen LogP contribution in [0.3, 0.4) is 0 Å². The van der Waals surface area contributed by atoms with Gasteiger partial charge >= 0.3 is 5.97 Å². The van der Waals surface area contributed by atoms with Crippen molar-refractivity contribution in [3.8, 4) is 0 Å². The second kappa shape index (κ2) is 6.22. The molecule has 0 radical (unpaired) electrons. The fraction of sp³-hybridized carbons (Fsp3) is 0.600. The predicted octanol–water partition coefficient (Wildman–Crippen LogP) is 2.88. The first-order valence-electron chi connectivity index (χ1n) is 7.04. The molecule has 2 rings (SSSR count). The van der Waals surface area contributed by atoms with E-state index in [1.54, 1.807) is 19.2 Å². The second-order valence-corrected chi connectivity index (χ2v) is 5.64. The molecular formula is C15H22N2O3. The molecule has 0 aliphatic heterocycles. The number of ether oxygens (including phenoxy) is 1. The van der Waals surface area contributed by atoms with Crippen LogP contribution in [-0.2, 0) is 4.74 Å². The Morgan fingerprint density at radius 2 is 2.20 bits per heavy atom. The monoisotopic (exact) mass is 278 g/mol. The Kier molecular flexibility index (Phi) is 4.60. The van der Waals surface area contributed by atoms with Crippen molar-refractivity contribution in [2.45, 2.75) is 51.2 Å². The summed E-state index contributed by atoms with van der Waals surface area (Å²) in [5, 5.41) is 12.5. The number of aromatic nitrogens is 1. The number of carbonyl (C=O) groups is 1. The molecule has 5 heteroatoms. The Labute approximate surface area is 119 Å². The van der Waals surface area contributed by atoms with Crippen LogP contribution in [-0.4, -0.2) is 35.3 Å². The van der Waals surface area contributed by atoms with Crippen LogP contribution < -0.4 is 5.32 Å². The van der Waals surface area contributed by atoms with Gasteiger partial charge in [0, 0.05) is 18.8 Å². The van der Waals surface area contributed by atoms with E-state index in [0.717, 1.165) is 25.0 Å². The van der Waals surface area contributed by atoms with Gasteiger partial charge in [-0.05, 0) is 37.3 Å². The summed E-state index contributed by atoms with van der Waals surface area (Å²) >= 11 is 0. The van der Waals surface area contributed by atoms with Crippen LogP contribution in [0.5, 0.6) is 0 Å². The average Bonchev–Trinajstić information content (AvgIpc) is 2.85. The van der Waals surface area contributed by atoms with Crippen LogP contribution in [0.15, 0.2) is 12.1 Å². The molecule has 1 aromatic rings. The van der Waals surface area contributed by atoms with Gasteiger partial charge in [-0.25, -0.2) is 9.78 Å². The summed E-state index contributed by atoms with van der Waals surface area (Å²) in [6, 6.07) is 3.55. The molecule has 2 N–H and O–H groups in total. The third kappa shape index (κ3) is 3.48. The number of carboxylic acid groups (broad SMARTS) is 1. The first kappa shape index (κ1) is 14.8. The Balaban J connectivity index is 2.16. The van der Waals surface area contributed by atoms with Gasteiger partial charge in [-0.1, -0.05) is 13.8 Å². The fourth-order valence-electron chi connectivity index (χ4n) is 2.54. The van der Waals surface area contributed by atoms with Crippen LogP contribution >= 0.6 is 0 Å². The maximum absolute atomic E-state index is 11.2. The average molecular weight is 278 g/mol. The van der Waals surface area contributed by atoms with Crippen molar-refractivity contribution in [1.82, 2.24) is 4.98 Å². The summed E-state index contributed by atoms with van der Waals surface area (Å²) in [5.41, 5.74) is 1.08. The topological polar surface area (TPSA) is 71.5 Å². The summed E-state index contributed by atoms with van der Waals surface area (Å²) in [6.45, 7) is 4.02. The summed E-state index contributed by atoms with van der Waals surface area (Å²) in [5.74, 6) is -0.0703. The third-order valence-corrected chi connectivity index (χ3v) is 3.75. The molecule has 1 saturated carbocycles. The summed E-state index contributed by atoms with van der Waals surface area (Å²) in [4.78, 5) is 15.7. The van der Waals surface area contributed by atoms with Crippen molar-refractivity contribution < 1.29 is 14.6 Å². The molecule has 1 aromatic heterocycles. The quantitative estimate of drug-likeness (QED) is 0.866. The number of nitrogens with zero attached hydrogens (tertiary/aromatic N) is 1. The number of hydrogen-bond acceptors (Lipinski definition) is 4. The number of methoxy groups -OCH3 is 1. The third-order valence-electron chi connectivity index (χ3n) is 3.75. The number of rotatable bonds is 5. The van der Waals surface area contributed by atoms with Gasteiger partial charge in [-0.3, -0.25) is 0 Å². The van der Waals surface area contributed by atoms with E-state index >= 15 is 0 Å². The first-order valence-corrected chi connectivity index (χ1v) is 7.04. The van der Waals surface area contributed by atoms with Gasteiger partial charge in [0.2, 0.25) is 0 Å². The molecule has 0 bridgehead atoms. The molecule has 2 atom stereocenters. The van der Waals surface area contributed by atoms with E-state index in [9.17, 15) is 9.90 Å². The van der Waals surface area contributed by atoms with Gasteiger partial charge in [0.25, 0.3) is 0 Å². The number of pyridine rings is 1. The number of aromatic carboxylic acids is 1. The number of nitrogens with one attached hydrogen (secondary N) is 1. The highest BCUT2D eigenvalue weighted by Gasteiger charge is 2.25. The fourth-order valence-corrected chi connectivity index (χ4v) is 2.54. The van der Waals surface area contributed by atoms with Crippen LogP contribution in [0.2, 0.25) is 0 Å². The number of anilines is 1. The van der Waals surface area contributed by atoms with Gasteiger partial charge in [-0.2, -0.15) is 0 Å². The lowest BCUT2D eigenvalue weighted by atomic mass is 10.1. The van der Waals surface area contributed by atoms with E-state index in [2.05, 4.69) is 10.3 Å². The SMILES string of the molecule is COC1CCC(Nc2cc(C(=O)O)cc(C(C)C)n2)C1. The molecule has 1 aliphatic rings. The lowest BCUT2D eigenvalue weighted by Crippen LogP contribution is -2.19. The van der Waals surface area contributed by atoms with Crippen LogP contribution in [0.4, 0.5) is 5.82 Å². The van der Waals surface area contributed by atoms with Crippen molar-refractivity contribution in [1.29, 1.82) is 0 Å². The van der Waals surface area contributed by atoms with Crippen molar-refractivity contribution in [3.63, 3.8) is 0 Å². The molecule has 1 heterocycles. The van der Waals surface area contributed by atoms with E-state index in [0.29, 0.717) is 18.0 Å². The zero-order valence-corrected chi connectivity index (χ0v) is 12.2. The van der Waals surface area contributed by atoms with Crippen LogP contribution in [0, 0.1) is 0 Å². The molecule has 0 amide bonds. The van der Waals surface area contributed by atoms with Crippen LogP contribution in [0.1, 0.15) is 55.1 Å². The predicted molar refractivity (Wildman–Crippen MR) is 77.3 cm³/mol. The van der Waals surface area contributed by atoms with E-state index < -0.39 is 5.97 Å². The zero-order chi connectivity index (χ0) is 14.7. The van der Waals surface area contributed by atoms with E-state index in [1.807, 2.05) is 13.8 Å². The maximum atomic E-state index is 11.2. The molecule has 5 nitrogen and oxygen atoms in total. The Hall–Kier alpha value is -1.62. The van der Waals surface area contributed by atoms with Gasteiger partial charge in [0.1, 0.15) is 5.82 Å². The van der Waals surface area contributed by atoms with Crippen molar-refractivity contribution in [2.24, 2.45) is 0 Å². The lowest BCUT2D eigenvalue weighted by Gasteiger charge is -2.16. The van der Waals surface area contributed by atoms with Gasteiger partial charge in [-0.15, -0.1) is 0 Å². The van der Waals surface area contributed by atoms with Crippen molar-refractivity contribution in [2.75, 3.05) is 12.4 Å². The standard InChI is InChI=1S/C15H22N2O3/c1-9(2)13-6-10(15(18)19)7-14(17-13)16-11-4-5-12(8-11)20-3/h6-7,9,11-12H,4-5,8H2,1-3H3,(H,16,17)(H,18,19). The Morgan fingerprint density at radius 3 is 2.75 bits per heavy atom. The largest absolute Gasteiger partial charge is 0.478 e. The highest BCUT2D eigenvalue weighted by Crippen LogP contribution is 2.25. The Bertz CT molecular complexity index is 488. The molecular weight excluding hydrogens is 256 g/mol. The van der Waals surface area contributed by atoms with Crippen molar-refractivity contribution >= 4 is 11.8 Å². The molecule has 0 saturated heterocycles. The maximum Gasteiger partial charge on any atom is 0.335 e. The molecule has 1 aliphatic carbocycles. The molecule has 110 valence electrons. The van der Waals surface area contributed by atoms with Gasteiger partial charge < -0.3 is 15.2 Å². The number of carboxylic acids is 1. The summed E-state index contributed by atoms with van der Waals surface area (Å²) in [6.07, 6.45) is 3.28. The normalized spacial score (nSPS) is 22.2. The van der Waals surface area contributed by atoms with E-state index in [-0.39, 0.29) is 11.5 Å². The Morgan fingerprint density at radius 1 is 1.45 bits per heavy atom.